The van der Waals surface area contributed by atoms with E-state index in [4.69, 9.17) is 4.52 Å². The molecule has 1 saturated heterocycles. The molecule has 1 amide bonds. The number of carbonyl (C=O) groups excluding carboxylic acids is 1. The van der Waals surface area contributed by atoms with Crippen molar-refractivity contribution < 1.29 is 9.32 Å². The molecule has 7 nitrogen and oxygen atoms in total. The molecule has 0 N–H and O–H groups in total. The normalized spacial score (nSPS) is 16.1. The summed E-state index contributed by atoms with van der Waals surface area (Å²) >= 11 is 0. The summed E-state index contributed by atoms with van der Waals surface area (Å²) in [7, 11) is 0. The summed E-state index contributed by atoms with van der Waals surface area (Å²) in [5.74, 6) is 1.43. The Balaban J connectivity index is 1.42. The molecule has 1 aliphatic rings. The lowest BCUT2D eigenvalue weighted by Gasteiger charge is -2.31. The Morgan fingerprint density at radius 1 is 1.22 bits per heavy atom. The summed E-state index contributed by atoms with van der Waals surface area (Å²) in [6.45, 7) is 1.48. The SMILES string of the molecule is O=C(Cc1ccon1)N1CCC(c2nnc3ccccn23)CC1. The Morgan fingerprint density at radius 2 is 2.09 bits per heavy atom. The fraction of sp³-hybridized carbons (Fsp3) is 0.375. The number of aromatic nitrogens is 4. The van der Waals surface area contributed by atoms with E-state index in [1.807, 2.05) is 33.7 Å². The fourth-order valence-corrected chi connectivity index (χ4v) is 3.12. The van der Waals surface area contributed by atoms with Crippen molar-refractivity contribution >= 4 is 11.6 Å². The first kappa shape index (κ1) is 13.9. The molecular formula is C16H17N5O2. The first-order chi connectivity index (χ1) is 11.3. The van der Waals surface area contributed by atoms with Gasteiger partial charge in [0, 0.05) is 31.3 Å². The molecule has 1 aliphatic heterocycles. The molecular weight excluding hydrogens is 294 g/mol. The van der Waals surface area contributed by atoms with Gasteiger partial charge in [-0.3, -0.25) is 9.20 Å². The molecule has 0 radical (unpaired) electrons. The second-order valence-electron chi connectivity index (χ2n) is 5.81. The average Bonchev–Trinajstić information content (AvgIpc) is 3.24. The predicted octanol–water partition coefficient (Wildman–Crippen LogP) is 1.67. The molecule has 4 heterocycles. The monoisotopic (exact) mass is 311 g/mol. The van der Waals surface area contributed by atoms with Crippen molar-refractivity contribution in [2.75, 3.05) is 13.1 Å². The molecule has 0 saturated carbocycles. The summed E-state index contributed by atoms with van der Waals surface area (Å²) in [6.07, 6.45) is 5.59. The van der Waals surface area contributed by atoms with Gasteiger partial charge in [0.1, 0.15) is 12.1 Å². The van der Waals surface area contributed by atoms with E-state index in [0.29, 0.717) is 18.0 Å². The number of piperidine rings is 1. The molecule has 0 bridgehead atoms. The number of rotatable bonds is 3. The Bertz CT molecular complexity index is 803. The van der Waals surface area contributed by atoms with E-state index in [0.717, 1.165) is 37.4 Å². The molecule has 0 spiro atoms. The molecule has 1 fully saturated rings. The highest BCUT2D eigenvalue weighted by Gasteiger charge is 2.27. The van der Waals surface area contributed by atoms with Crippen LogP contribution in [0.1, 0.15) is 30.3 Å². The number of likely N-dealkylation sites (tertiary alicyclic amines) is 1. The van der Waals surface area contributed by atoms with E-state index in [2.05, 4.69) is 15.4 Å². The van der Waals surface area contributed by atoms with Crippen LogP contribution in [0.5, 0.6) is 0 Å². The molecule has 0 unspecified atom stereocenters. The van der Waals surface area contributed by atoms with Gasteiger partial charge in [0.2, 0.25) is 5.91 Å². The largest absolute Gasteiger partial charge is 0.364 e. The standard InChI is InChI=1S/C16H17N5O2/c22-15(11-13-6-10-23-19-13)20-8-4-12(5-9-20)16-18-17-14-3-1-2-7-21(14)16/h1-3,6-7,10,12H,4-5,8-9,11H2. The minimum absolute atomic E-state index is 0.100. The summed E-state index contributed by atoms with van der Waals surface area (Å²) in [4.78, 5) is 14.2. The van der Waals surface area contributed by atoms with Crippen LogP contribution in [0.15, 0.2) is 41.2 Å². The zero-order valence-electron chi connectivity index (χ0n) is 12.6. The lowest BCUT2D eigenvalue weighted by molar-refractivity contribution is -0.131. The van der Waals surface area contributed by atoms with Crippen LogP contribution < -0.4 is 0 Å². The van der Waals surface area contributed by atoms with Gasteiger partial charge in [-0.1, -0.05) is 11.2 Å². The summed E-state index contributed by atoms with van der Waals surface area (Å²) in [6, 6.07) is 7.62. The van der Waals surface area contributed by atoms with Crippen LogP contribution in [-0.4, -0.2) is 43.7 Å². The van der Waals surface area contributed by atoms with Crippen LogP contribution in [0.4, 0.5) is 0 Å². The van der Waals surface area contributed by atoms with Gasteiger partial charge in [-0.25, -0.2) is 0 Å². The molecule has 0 atom stereocenters. The van der Waals surface area contributed by atoms with Crippen LogP contribution in [0.25, 0.3) is 5.65 Å². The highest BCUT2D eigenvalue weighted by molar-refractivity contribution is 5.78. The molecule has 118 valence electrons. The van der Waals surface area contributed by atoms with E-state index in [9.17, 15) is 4.79 Å². The van der Waals surface area contributed by atoms with Gasteiger partial charge in [0.05, 0.1) is 12.1 Å². The number of fused-ring (bicyclic) bond motifs is 1. The topological polar surface area (TPSA) is 76.5 Å². The van der Waals surface area contributed by atoms with E-state index < -0.39 is 0 Å². The van der Waals surface area contributed by atoms with Gasteiger partial charge in [0.15, 0.2) is 5.65 Å². The molecule has 0 aromatic carbocycles. The fourth-order valence-electron chi connectivity index (χ4n) is 3.12. The molecule has 0 aliphatic carbocycles. The van der Waals surface area contributed by atoms with E-state index in [1.54, 1.807) is 6.07 Å². The lowest BCUT2D eigenvalue weighted by atomic mass is 9.95. The summed E-state index contributed by atoms with van der Waals surface area (Å²) in [5, 5.41) is 12.3. The van der Waals surface area contributed by atoms with Crippen LogP contribution in [0.2, 0.25) is 0 Å². The van der Waals surface area contributed by atoms with Crippen molar-refractivity contribution in [2.24, 2.45) is 0 Å². The number of carbonyl (C=O) groups is 1. The number of nitrogens with zero attached hydrogens (tertiary/aromatic N) is 5. The van der Waals surface area contributed by atoms with E-state index >= 15 is 0 Å². The van der Waals surface area contributed by atoms with E-state index in [-0.39, 0.29) is 5.91 Å². The van der Waals surface area contributed by atoms with Gasteiger partial charge in [0.25, 0.3) is 0 Å². The maximum absolute atomic E-state index is 12.3. The second-order valence-corrected chi connectivity index (χ2v) is 5.81. The maximum Gasteiger partial charge on any atom is 0.228 e. The smallest absolute Gasteiger partial charge is 0.228 e. The van der Waals surface area contributed by atoms with Crippen molar-refractivity contribution in [1.29, 1.82) is 0 Å². The quantitative estimate of drug-likeness (QED) is 0.735. The minimum Gasteiger partial charge on any atom is -0.364 e. The predicted molar refractivity (Wildman–Crippen MR) is 81.7 cm³/mol. The Morgan fingerprint density at radius 3 is 2.87 bits per heavy atom. The van der Waals surface area contributed by atoms with Crippen molar-refractivity contribution in [3.05, 3.63) is 48.2 Å². The zero-order chi connectivity index (χ0) is 15.6. The van der Waals surface area contributed by atoms with Gasteiger partial charge in [-0.15, -0.1) is 10.2 Å². The Hall–Kier alpha value is -2.70. The van der Waals surface area contributed by atoms with E-state index in [1.165, 1.54) is 6.26 Å². The number of hydrogen-bond donors (Lipinski definition) is 0. The van der Waals surface area contributed by atoms with Crippen LogP contribution in [0, 0.1) is 0 Å². The number of hydrogen-bond acceptors (Lipinski definition) is 5. The lowest BCUT2D eigenvalue weighted by Crippen LogP contribution is -2.39. The third kappa shape index (κ3) is 2.69. The minimum atomic E-state index is 0.100. The van der Waals surface area contributed by atoms with Gasteiger partial charge in [-0.2, -0.15) is 0 Å². The first-order valence-corrected chi connectivity index (χ1v) is 7.78. The van der Waals surface area contributed by atoms with Crippen molar-refractivity contribution in [1.82, 2.24) is 24.7 Å². The molecule has 3 aromatic heterocycles. The van der Waals surface area contributed by atoms with Crippen molar-refractivity contribution in [2.45, 2.75) is 25.2 Å². The Kier molecular flexibility index (Phi) is 3.53. The highest BCUT2D eigenvalue weighted by atomic mass is 16.5. The molecule has 23 heavy (non-hydrogen) atoms. The van der Waals surface area contributed by atoms with Crippen LogP contribution in [-0.2, 0) is 11.2 Å². The molecule has 7 heteroatoms. The summed E-state index contributed by atoms with van der Waals surface area (Å²) in [5.41, 5.74) is 1.55. The third-order valence-corrected chi connectivity index (χ3v) is 4.38. The molecule has 3 aromatic rings. The van der Waals surface area contributed by atoms with Gasteiger partial charge < -0.3 is 9.42 Å². The maximum atomic E-state index is 12.3. The number of amides is 1. The van der Waals surface area contributed by atoms with Crippen LogP contribution in [0.3, 0.4) is 0 Å². The number of pyridine rings is 1. The zero-order valence-corrected chi connectivity index (χ0v) is 12.6. The first-order valence-electron chi connectivity index (χ1n) is 7.78. The van der Waals surface area contributed by atoms with Crippen molar-refractivity contribution in [3.8, 4) is 0 Å². The third-order valence-electron chi connectivity index (χ3n) is 4.38. The highest BCUT2D eigenvalue weighted by Crippen LogP contribution is 2.27. The summed E-state index contributed by atoms with van der Waals surface area (Å²) < 4.78 is 6.81. The second kappa shape index (κ2) is 5.83. The molecule has 4 rings (SSSR count). The van der Waals surface area contributed by atoms with Gasteiger partial charge in [-0.05, 0) is 25.0 Å². The van der Waals surface area contributed by atoms with Crippen molar-refractivity contribution in [3.63, 3.8) is 0 Å². The Labute approximate surface area is 132 Å². The average molecular weight is 311 g/mol. The van der Waals surface area contributed by atoms with Gasteiger partial charge >= 0.3 is 0 Å². The van der Waals surface area contributed by atoms with Crippen LogP contribution >= 0.6 is 0 Å².